The maximum absolute atomic E-state index is 12.9. The van der Waals surface area contributed by atoms with E-state index in [0.29, 0.717) is 5.69 Å². The van der Waals surface area contributed by atoms with Crippen LogP contribution in [0, 0.1) is 5.82 Å². The van der Waals surface area contributed by atoms with Gasteiger partial charge in [0.05, 0.1) is 5.02 Å². The first-order valence-corrected chi connectivity index (χ1v) is 6.38. The molecule has 1 N–H and O–H groups in total. The van der Waals surface area contributed by atoms with E-state index in [9.17, 15) is 9.18 Å². The van der Waals surface area contributed by atoms with Crippen molar-refractivity contribution in [1.82, 2.24) is 0 Å². The van der Waals surface area contributed by atoms with Gasteiger partial charge in [0.15, 0.2) is 0 Å². The van der Waals surface area contributed by atoms with Gasteiger partial charge in [-0.3, -0.25) is 4.79 Å². The van der Waals surface area contributed by atoms with E-state index in [1.54, 1.807) is 6.08 Å². The standard InChI is InChI=1S/C13H9ClFNOS/c14-11-8-9(3-5-12(11)15)16-13(17)6-4-10-2-1-7-18-10/h1-8H,(H,16,17)/b6-4+. The van der Waals surface area contributed by atoms with Crippen molar-refractivity contribution in [3.05, 3.63) is 57.5 Å². The van der Waals surface area contributed by atoms with Gasteiger partial charge >= 0.3 is 0 Å². The van der Waals surface area contributed by atoms with E-state index in [2.05, 4.69) is 5.32 Å². The molecule has 2 nitrogen and oxygen atoms in total. The number of nitrogens with one attached hydrogen (secondary N) is 1. The normalized spacial score (nSPS) is 10.8. The van der Waals surface area contributed by atoms with Crippen LogP contribution in [0.15, 0.2) is 41.8 Å². The van der Waals surface area contributed by atoms with Crippen LogP contribution in [0.4, 0.5) is 10.1 Å². The fourth-order valence-corrected chi connectivity index (χ4v) is 2.10. The van der Waals surface area contributed by atoms with Crippen LogP contribution in [0.25, 0.3) is 6.08 Å². The smallest absolute Gasteiger partial charge is 0.248 e. The highest BCUT2D eigenvalue weighted by Gasteiger charge is 2.02. The Morgan fingerprint density at radius 2 is 2.22 bits per heavy atom. The van der Waals surface area contributed by atoms with Gasteiger partial charge in [0.25, 0.3) is 0 Å². The molecule has 0 aliphatic heterocycles. The summed E-state index contributed by atoms with van der Waals surface area (Å²) in [7, 11) is 0. The lowest BCUT2D eigenvalue weighted by molar-refractivity contribution is -0.111. The molecule has 0 atom stereocenters. The number of benzene rings is 1. The second kappa shape index (κ2) is 5.80. The molecule has 92 valence electrons. The molecule has 18 heavy (non-hydrogen) atoms. The minimum absolute atomic E-state index is 0.0185. The minimum atomic E-state index is -0.510. The molecular formula is C13H9ClFNOS. The van der Waals surface area contributed by atoms with E-state index in [1.807, 2.05) is 17.5 Å². The highest BCUT2D eigenvalue weighted by atomic mass is 35.5. The number of thiophene rings is 1. The molecular weight excluding hydrogens is 273 g/mol. The third-order valence-electron chi connectivity index (χ3n) is 2.13. The summed E-state index contributed by atoms with van der Waals surface area (Å²) in [6.45, 7) is 0. The topological polar surface area (TPSA) is 29.1 Å². The van der Waals surface area contributed by atoms with Crippen LogP contribution in [0.5, 0.6) is 0 Å². The number of hydrogen-bond acceptors (Lipinski definition) is 2. The number of rotatable bonds is 3. The Balaban J connectivity index is 2.01. The van der Waals surface area contributed by atoms with Gasteiger partial charge in [-0.1, -0.05) is 17.7 Å². The number of halogens is 2. The van der Waals surface area contributed by atoms with Crippen LogP contribution in [-0.4, -0.2) is 5.91 Å². The largest absolute Gasteiger partial charge is 0.322 e. The predicted molar refractivity (Wildman–Crippen MR) is 73.4 cm³/mol. The quantitative estimate of drug-likeness (QED) is 0.840. The average Bonchev–Trinajstić information content (AvgIpc) is 2.84. The maximum atomic E-state index is 12.9. The first-order valence-electron chi connectivity index (χ1n) is 5.13. The molecule has 0 spiro atoms. The number of carbonyl (C=O) groups is 1. The van der Waals surface area contributed by atoms with Crippen molar-refractivity contribution in [3.63, 3.8) is 0 Å². The lowest BCUT2D eigenvalue weighted by Gasteiger charge is -2.02. The van der Waals surface area contributed by atoms with E-state index in [1.165, 1.54) is 35.6 Å². The number of amides is 1. The van der Waals surface area contributed by atoms with Gasteiger partial charge in [0, 0.05) is 16.6 Å². The molecule has 0 aliphatic carbocycles. The third kappa shape index (κ3) is 3.42. The molecule has 0 aliphatic rings. The number of carbonyl (C=O) groups excluding carboxylic acids is 1. The molecule has 1 aromatic carbocycles. The Morgan fingerprint density at radius 3 is 2.89 bits per heavy atom. The molecule has 0 radical (unpaired) electrons. The third-order valence-corrected chi connectivity index (χ3v) is 3.26. The van der Waals surface area contributed by atoms with Crippen molar-refractivity contribution < 1.29 is 9.18 Å². The van der Waals surface area contributed by atoms with Gasteiger partial charge in [-0.15, -0.1) is 11.3 Å². The molecule has 1 heterocycles. The zero-order valence-electron chi connectivity index (χ0n) is 9.19. The lowest BCUT2D eigenvalue weighted by atomic mass is 10.3. The Kier molecular flexibility index (Phi) is 4.12. The van der Waals surface area contributed by atoms with E-state index >= 15 is 0 Å². The second-order valence-electron chi connectivity index (χ2n) is 3.47. The molecule has 0 bridgehead atoms. The summed E-state index contributed by atoms with van der Waals surface area (Å²) >= 11 is 7.15. The molecule has 1 aromatic heterocycles. The Morgan fingerprint density at radius 1 is 1.39 bits per heavy atom. The van der Waals surface area contributed by atoms with Crippen molar-refractivity contribution >= 4 is 40.6 Å². The molecule has 0 fully saturated rings. The van der Waals surface area contributed by atoms with Crippen LogP contribution >= 0.6 is 22.9 Å². The van der Waals surface area contributed by atoms with Crippen molar-refractivity contribution in [2.45, 2.75) is 0 Å². The van der Waals surface area contributed by atoms with Crippen molar-refractivity contribution in [2.24, 2.45) is 0 Å². The fraction of sp³-hybridized carbons (Fsp3) is 0. The highest BCUT2D eigenvalue weighted by molar-refractivity contribution is 7.10. The molecule has 2 rings (SSSR count). The Labute approximate surface area is 113 Å². The molecule has 0 saturated heterocycles. The molecule has 2 aromatic rings. The van der Waals surface area contributed by atoms with Crippen molar-refractivity contribution in [3.8, 4) is 0 Å². The molecule has 0 unspecified atom stereocenters. The minimum Gasteiger partial charge on any atom is -0.322 e. The summed E-state index contributed by atoms with van der Waals surface area (Å²) in [5, 5.41) is 4.51. The maximum Gasteiger partial charge on any atom is 0.248 e. The summed E-state index contributed by atoms with van der Waals surface area (Å²) < 4.78 is 12.9. The lowest BCUT2D eigenvalue weighted by Crippen LogP contribution is -2.07. The summed E-state index contributed by atoms with van der Waals surface area (Å²) in [6.07, 6.45) is 3.13. The first kappa shape index (κ1) is 12.8. The van der Waals surface area contributed by atoms with Crippen LogP contribution in [0.3, 0.4) is 0 Å². The van der Waals surface area contributed by atoms with Crippen LogP contribution in [0.1, 0.15) is 4.88 Å². The van der Waals surface area contributed by atoms with Gasteiger partial charge in [-0.05, 0) is 35.7 Å². The van der Waals surface area contributed by atoms with E-state index < -0.39 is 5.82 Å². The monoisotopic (exact) mass is 281 g/mol. The van der Waals surface area contributed by atoms with Gasteiger partial charge in [0.2, 0.25) is 5.91 Å². The zero-order valence-corrected chi connectivity index (χ0v) is 10.8. The van der Waals surface area contributed by atoms with Gasteiger partial charge < -0.3 is 5.32 Å². The predicted octanol–water partition coefficient (Wildman–Crippen LogP) is 4.19. The van der Waals surface area contributed by atoms with E-state index in [4.69, 9.17) is 11.6 Å². The van der Waals surface area contributed by atoms with Gasteiger partial charge in [-0.2, -0.15) is 0 Å². The van der Waals surface area contributed by atoms with Crippen LogP contribution in [-0.2, 0) is 4.79 Å². The van der Waals surface area contributed by atoms with Gasteiger partial charge in [0.1, 0.15) is 5.82 Å². The van der Waals surface area contributed by atoms with Crippen LogP contribution < -0.4 is 5.32 Å². The summed E-state index contributed by atoms with van der Waals surface area (Å²) in [5.41, 5.74) is 0.460. The highest BCUT2D eigenvalue weighted by Crippen LogP contribution is 2.19. The Hall–Kier alpha value is -1.65. The average molecular weight is 282 g/mol. The zero-order chi connectivity index (χ0) is 13.0. The Bertz CT molecular complexity index is 581. The number of hydrogen-bond donors (Lipinski definition) is 1. The molecule has 5 heteroatoms. The second-order valence-corrected chi connectivity index (χ2v) is 4.85. The summed E-state index contributed by atoms with van der Waals surface area (Å²) in [4.78, 5) is 12.6. The van der Waals surface area contributed by atoms with Crippen LogP contribution in [0.2, 0.25) is 5.02 Å². The van der Waals surface area contributed by atoms with E-state index in [-0.39, 0.29) is 10.9 Å². The number of anilines is 1. The summed E-state index contributed by atoms with van der Waals surface area (Å²) in [6, 6.07) is 7.85. The van der Waals surface area contributed by atoms with E-state index in [0.717, 1.165) is 4.88 Å². The van der Waals surface area contributed by atoms with Crippen molar-refractivity contribution in [1.29, 1.82) is 0 Å². The van der Waals surface area contributed by atoms with Gasteiger partial charge in [-0.25, -0.2) is 4.39 Å². The fourth-order valence-electron chi connectivity index (χ4n) is 1.30. The molecule has 1 amide bonds. The van der Waals surface area contributed by atoms with Crippen molar-refractivity contribution in [2.75, 3.05) is 5.32 Å². The summed E-state index contributed by atoms with van der Waals surface area (Å²) in [5.74, 6) is -0.796. The molecule has 0 saturated carbocycles. The first-order chi connectivity index (χ1) is 8.65. The SMILES string of the molecule is O=C(/C=C/c1cccs1)Nc1ccc(F)c(Cl)c1.